The van der Waals surface area contributed by atoms with Crippen molar-refractivity contribution in [3.8, 4) is 23.0 Å². The molecule has 0 saturated carbocycles. The number of dihydropyridines is 1. The molecular formula is C34H25N4O3P. The number of aromatic nitrogens is 1. The molecule has 0 radical (unpaired) electrons. The van der Waals surface area contributed by atoms with Crippen molar-refractivity contribution < 1.29 is 14.0 Å². The van der Waals surface area contributed by atoms with Gasteiger partial charge >= 0.3 is 0 Å². The zero-order valence-corrected chi connectivity index (χ0v) is 23.4. The van der Waals surface area contributed by atoms with Gasteiger partial charge in [0.15, 0.2) is 30.8 Å². The van der Waals surface area contributed by atoms with Crippen LogP contribution in [0.3, 0.4) is 0 Å². The van der Waals surface area contributed by atoms with Crippen LogP contribution in [0.4, 0.5) is 28.6 Å². The van der Waals surface area contributed by atoms with E-state index in [1.807, 2.05) is 121 Å². The number of fused-ring (bicyclic) bond motifs is 4. The summed E-state index contributed by atoms with van der Waals surface area (Å²) in [5, 5.41) is 0. The molecule has 5 aromatic rings. The second-order valence-electron chi connectivity index (χ2n) is 10.1. The average Bonchev–Trinajstić information content (AvgIpc) is 3.05. The van der Waals surface area contributed by atoms with Gasteiger partial charge in [-0.25, -0.2) is 4.98 Å². The second kappa shape index (κ2) is 10.1. The second-order valence-corrected chi connectivity index (χ2v) is 11.8. The lowest BCUT2D eigenvalue weighted by Crippen LogP contribution is -2.33. The van der Waals surface area contributed by atoms with E-state index in [4.69, 9.17) is 19.5 Å². The summed E-state index contributed by atoms with van der Waals surface area (Å²) in [5.74, 6) is 3.70. The van der Waals surface area contributed by atoms with Crippen molar-refractivity contribution in [1.29, 1.82) is 0 Å². The minimum atomic E-state index is -2.52. The highest BCUT2D eigenvalue weighted by atomic mass is 31.1. The number of ether oxygens (including phenoxy) is 2. The van der Waals surface area contributed by atoms with Crippen LogP contribution in [0, 0.1) is 0 Å². The van der Waals surface area contributed by atoms with Crippen LogP contribution in [0.25, 0.3) is 0 Å². The molecule has 8 rings (SSSR count). The molecule has 1 aromatic heterocycles. The Labute approximate surface area is 243 Å². The summed E-state index contributed by atoms with van der Waals surface area (Å²) in [4.78, 5) is 14.2. The molecule has 7 nitrogen and oxygen atoms in total. The van der Waals surface area contributed by atoms with Gasteiger partial charge in [-0.15, -0.1) is 0 Å². The summed E-state index contributed by atoms with van der Waals surface area (Å²) >= 11 is 0. The Morgan fingerprint density at radius 1 is 0.643 bits per heavy atom. The lowest BCUT2D eigenvalue weighted by Gasteiger charge is -2.37. The number of anilines is 5. The molecule has 0 aliphatic carbocycles. The first-order valence-corrected chi connectivity index (χ1v) is 15.2. The Morgan fingerprint density at radius 3 is 1.76 bits per heavy atom. The van der Waals surface area contributed by atoms with Gasteiger partial charge in [-0.2, -0.15) is 0 Å². The maximum absolute atomic E-state index is 14.1. The number of benzene rings is 4. The fraction of sp³-hybridized carbons (Fsp3) is 0.0588. The number of nitrogens with zero attached hydrogens (tertiary/aromatic N) is 4. The molecule has 2 unspecified atom stereocenters. The molecule has 0 bridgehead atoms. The van der Waals surface area contributed by atoms with Crippen LogP contribution in [-0.4, -0.2) is 16.6 Å². The first-order chi connectivity index (χ1) is 20.7. The van der Waals surface area contributed by atoms with Gasteiger partial charge < -0.3 is 18.9 Å². The van der Waals surface area contributed by atoms with Crippen LogP contribution in [0.2, 0.25) is 0 Å². The number of rotatable bonds is 4. The zero-order valence-electron chi connectivity index (χ0n) is 22.4. The summed E-state index contributed by atoms with van der Waals surface area (Å²) < 4.78 is 26.4. The van der Waals surface area contributed by atoms with E-state index in [0.717, 1.165) is 45.7 Å². The third-order valence-electron chi connectivity index (χ3n) is 7.54. The molecule has 42 heavy (non-hydrogen) atoms. The van der Waals surface area contributed by atoms with Crippen LogP contribution in [0.1, 0.15) is 6.42 Å². The molecule has 8 heteroatoms. The largest absolute Gasteiger partial charge is 0.453 e. The summed E-state index contributed by atoms with van der Waals surface area (Å²) in [6, 6.07) is 37.3. The van der Waals surface area contributed by atoms with Crippen molar-refractivity contribution >= 4 is 47.3 Å². The Bertz CT molecular complexity index is 1850. The molecule has 4 heterocycles. The molecule has 4 aromatic carbocycles. The Balaban J connectivity index is 1.16. The highest BCUT2D eigenvalue weighted by Crippen LogP contribution is 2.50. The van der Waals surface area contributed by atoms with E-state index < -0.39 is 7.80 Å². The van der Waals surface area contributed by atoms with Crippen LogP contribution < -0.4 is 24.7 Å². The summed E-state index contributed by atoms with van der Waals surface area (Å²) in [7, 11) is -2.52. The number of allylic oxidation sites excluding steroid dienone is 1. The van der Waals surface area contributed by atoms with Crippen molar-refractivity contribution in [2.24, 2.45) is 4.99 Å². The van der Waals surface area contributed by atoms with Crippen LogP contribution in [-0.2, 0) is 4.57 Å². The Morgan fingerprint density at radius 2 is 1.17 bits per heavy atom. The SMILES string of the molecule is O=[PH](C1=NC(N2c3ccccc3Oc3ccccc32)CC=C1)c1cccc(N2c3ccccc3Oc3ccccc32)n1. The van der Waals surface area contributed by atoms with E-state index in [1.54, 1.807) is 0 Å². The third kappa shape index (κ3) is 4.09. The predicted molar refractivity (Wildman–Crippen MR) is 168 cm³/mol. The lowest BCUT2D eigenvalue weighted by molar-refractivity contribution is 0.466. The van der Waals surface area contributed by atoms with Crippen molar-refractivity contribution in [3.63, 3.8) is 0 Å². The van der Waals surface area contributed by atoms with Gasteiger partial charge in [0, 0.05) is 6.42 Å². The molecule has 204 valence electrons. The number of para-hydroxylation sites is 8. The van der Waals surface area contributed by atoms with E-state index in [0.29, 0.717) is 23.1 Å². The van der Waals surface area contributed by atoms with Gasteiger partial charge in [0.1, 0.15) is 17.4 Å². The van der Waals surface area contributed by atoms with Crippen LogP contribution in [0.15, 0.2) is 132 Å². The van der Waals surface area contributed by atoms with Gasteiger partial charge in [-0.05, 0) is 66.7 Å². The van der Waals surface area contributed by atoms with Gasteiger partial charge in [0.05, 0.1) is 28.2 Å². The smallest absolute Gasteiger partial charge is 0.166 e. The molecular weight excluding hydrogens is 543 g/mol. The fourth-order valence-corrected chi connectivity index (χ4v) is 6.93. The van der Waals surface area contributed by atoms with Crippen LogP contribution in [0.5, 0.6) is 23.0 Å². The molecule has 0 saturated heterocycles. The lowest BCUT2D eigenvalue weighted by atomic mass is 10.1. The van der Waals surface area contributed by atoms with E-state index in [9.17, 15) is 4.57 Å². The van der Waals surface area contributed by atoms with Crippen LogP contribution >= 0.6 is 7.80 Å². The van der Waals surface area contributed by atoms with Crippen molar-refractivity contribution in [1.82, 2.24) is 4.98 Å². The van der Waals surface area contributed by atoms with Gasteiger partial charge in [0.2, 0.25) is 0 Å². The normalized spacial score (nSPS) is 17.0. The quantitative estimate of drug-likeness (QED) is 0.199. The molecule has 0 N–H and O–H groups in total. The molecule has 0 fully saturated rings. The summed E-state index contributed by atoms with van der Waals surface area (Å²) in [6.45, 7) is 0. The topological polar surface area (TPSA) is 67.3 Å². The molecule has 0 amide bonds. The first kappa shape index (κ1) is 24.6. The third-order valence-corrected chi connectivity index (χ3v) is 9.04. The van der Waals surface area contributed by atoms with Gasteiger partial charge in [-0.3, -0.25) is 9.89 Å². The van der Waals surface area contributed by atoms with Gasteiger partial charge in [0.25, 0.3) is 0 Å². The molecule has 0 spiro atoms. The average molecular weight is 569 g/mol. The van der Waals surface area contributed by atoms with Crippen molar-refractivity contribution in [3.05, 3.63) is 127 Å². The Kier molecular flexibility index (Phi) is 5.90. The van der Waals surface area contributed by atoms with Crippen molar-refractivity contribution in [2.45, 2.75) is 12.6 Å². The highest BCUT2D eigenvalue weighted by Gasteiger charge is 2.31. The van der Waals surface area contributed by atoms with E-state index in [-0.39, 0.29) is 6.17 Å². The number of pyridine rings is 1. The monoisotopic (exact) mass is 568 g/mol. The number of aliphatic imine (C=N–C) groups is 1. The van der Waals surface area contributed by atoms with E-state index in [2.05, 4.69) is 15.9 Å². The maximum atomic E-state index is 14.1. The standard InChI is InChI=1S/C34H25N4O3P/c39-42(33-21-9-19-31(35-33)37-23-11-1-5-15-27(23)40-28-16-6-2-12-24(28)37)34-22-10-20-32(36-34)38-25-13-3-7-17-29(25)41-30-18-8-4-14-26(30)38/h1-19,21-22,32,42H,20H2. The Hall–Kier alpha value is -5.13. The predicted octanol–water partition coefficient (Wildman–Crippen LogP) is 8.47. The number of hydrogen-bond donors (Lipinski definition) is 0. The zero-order chi connectivity index (χ0) is 28.0. The van der Waals surface area contributed by atoms with E-state index in [1.165, 1.54) is 0 Å². The fourth-order valence-electron chi connectivity index (χ4n) is 5.67. The minimum Gasteiger partial charge on any atom is -0.453 e. The first-order valence-electron chi connectivity index (χ1n) is 13.8. The van der Waals surface area contributed by atoms with Gasteiger partial charge in [-0.1, -0.05) is 60.7 Å². The van der Waals surface area contributed by atoms with Crippen molar-refractivity contribution in [2.75, 3.05) is 9.80 Å². The molecule has 3 aliphatic rings. The summed E-state index contributed by atoms with van der Waals surface area (Å²) in [6.07, 6.45) is 4.33. The highest BCUT2D eigenvalue weighted by molar-refractivity contribution is 7.71. The molecule has 2 atom stereocenters. The van der Waals surface area contributed by atoms with E-state index >= 15 is 0 Å². The maximum Gasteiger partial charge on any atom is 0.166 e. The summed E-state index contributed by atoms with van der Waals surface area (Å²) in [5.41, 5.74) is 4.67. The minimum absolute atomic E-state index is 0.272. The molecule has 3 aliphatic heterocycles. The number of hydrogen-bond acceptors (Lipinski definition) is 7.